The number of nitrogens with one attached hydrogen (secondary N) is 1. The van der Waals surface area contributed by atoms with Gasteiger partial charge in [0.2, 0.25) is 0 Å². The summed E-state index contributed by atoms with van der Waals surface area (Å²) in [6.07, 6.45) is 1.18. The summed E-state index contributed by atoms with van der Waals surface area (Å²) in [6, 6.07) is 8.79. The molecular weight excluding hydrogens is 234 g/mol. The van der Waals surface area contributed by atoms with Crippen LogP contribution >= 0.6 is 0 Å². The zero-order valence-electron chi connectivity index (χ0n) is 11.7. The number of anilines is 1. The van der Waals surface area contributed by atoms with Crippen molar-refractivity contribution < 1.29 is 0 Å². The lowest BCUT2D eigenvalue weighted by atomic mass is 9.65. The molecule has 100 valence electrons. The van der Waals surface area contributed by atoms with Gasteiger partial charge in [-0.15, -0.1) is 0 Å². The van der Waals surface area contributed by atoms with Gasteiger partial charge in [0.05, 0.1) is 5.41 Å². The predicted octanol–water partition coefficient (Wildman–Crippen LogP) is 1.88. The van der Waals surface area contributed by atoms with Gasteiger partial charge < -0.3 is 5.32 Å². The Bertz CT molecular complexity index is 567. The van der Waals surface area contributed by atoms with Gasteiger partial charge in [-0.25, -0.2) is 0 Å². The van der Waals surface area contributed by atoms with Crippen LogP contribution in [0.25, 0.3) is 0 Å². The van der Waals surface area contributed by atoms with Crippen LogP contribution in [0.4, 0.5) is 5.69 Å². The van der Waals surface area contributed by atoms with Crippen molar-refractivity contribution in [2.45, 2.75) is 17.5 Å². The summed E-state index contributed by atoms with van der Waals surface area (Å²) >= 11 is 0. The van der Waals surface area contributed by atoms with E-state index in [2.05, 4.69) is 60.1 Å². The molecule has 0 aromatic heterocycles. The number of benzene rings is 1. The minimum absolute atomic E-state index is 0.000764. The number of para-hydroxylation sites is 1. The van der Waals surface area contributed by atoms with Crippen LogP contribution in [0.15, 0.2) is 36.4 Å². The van der Waals surface area contributed by atoms with E-state index in [1.54, 1.807) is 0 Å². The second-order valence-corrected chi connectivity index (χ2v) is 6.38. The van der Waals surface area contributed by atoms with Gasteiger partial charge in [-0.05, 0) is 37.7 Å². The Kier molecular flexibility index (Phi) is 2.06. The van der Waals surface area contributed by atoms with Crippen LogP contribution in [0, 0.1) is 0 Å². The van der Waals surface area contributed by atoms with Crippen LogP contribution < -0.4 is 5.32 Å². The molecule has 3 heteroatoms. The summed E-state index contributed by atoms with van der Waals surface area (Å²) < 4.78 is 0. The average Bonchev–Trinajstić information content (AvgIpc) is 2.82. The number of hydrogen-bond acceptors (Lipinski definition) is 3. The molecule has 0 aliphatic carbocycles. The third-order valence-electron chi connectivity index (χ3n) is 5.47. The molecule has 3 aliphatic rings. The molecule has 19 heavy (non-hydrogen) atoms. The fraction of sp³-hybridized carbons (Fsp3) is 0.500. The van der Waals surface area contributed by atoms with Gasteiger partial charge in [0.1, 0.15) is 5.66 Å². The molecular formula is C16H21N3. The van der Waals surface area contributed by atoms with Crippen LogP contribution in [0.3, 0.4) is 0 Å². The fourth-order valence-electron chi connectivity index (χ4n) is 4.67. The normalized spacial score (nSPS) is 37.7. The molecule has 0 unspecified atom stereocenters. The first-order valence-electron chi connectivity index (χ1n) is 7.06. The lowest BCUT2D eigenvalue weighted by Gasteiger charge is -2.51. The van der Waals surface area contributed by atoms with E-state index in [1.165, 1.54) is 23.2 Å². The highest BCUT2D eigenvalue weighted by atomic mass is 15.4. The summed E-state index contributed by atoms with van der Waals surface area (Å²) in [5, 5.41) is 3.84. The Balaban J connectivity index is 1.99. The molecule has 3 nitrogen and oxygen atoms in total. The molecule has 3 aliphatic heterocycles. The maximum absolute atomic E-state index is 4.46. The van der Waals surface area contributed by atoms with Gasteiger partial charge in [0.25, 0.3) is 0 Å². The van der Waals surface area contributed by atoms with Crippen molar-refractivity contribution in [3.05, 3.63) is 42.0 Å². The molecule has 3 heterocycles. The zero-order chi connectivity index (χ0) is 13.3. The Morgan fingerprint density at radius 2 is 2.05 bits per heavy atom. The summed E-state index contributed by atoms with van der Waals surface area (Å²) in [5.41, 5.74) is 4.22. The highest BCUT2D eigenvalue weighted by Crippen LogP contribution is 2.59. The first-order valence-corrected chi connectivity index (χ1v) is 7.06. The molecule has 0 saturated carbocycles. The van der Waals surface area contributed by atoms with E-state index in [9.17, 15) is 0 Å². The molecule has 2 atom stereocenters. The lowest BCUT2D eigenvalue weighted by Crippen LogP contribution is -2.66. The van der Waals surface area contributed by atoms with Crippen LogP contribution in [0.2, 0.25) is 0 Å². The van der Waals surface area contributed by atoms with Gasteiger partial charge in [-0.2, -0.15) is 0 Å². The molecule has 1 aromatic rings. The maximum Gasteiger partial charge on any atom is 0.117 e. The highest BCUT2D eigenvalue weighted by Gasteiger charge is 2.66. The number of nitrogens with zero attached hydrogens (tertiary/aromatic N) is 2. The summed E-state index contributed by atoms with van der Waals surface area (Å²) in [4.78, 5) is 4.88. The Morgan fingerprint density at radius 1 is 1.26 bits per heavy atom. The fourth-order valence-corrected chi connectivity index (χ4v) is 4.67. The number of hydrogen-bond donors (Lipinski definition) is 1. The maximum atomic E-state index is 4.46. The SMILES string of the molecule is C=C1CN(C)C[C@]23Nc4ccccc4[C@]12CCN3C. The summed E-state index contributed by atoms with van der Waals surface area (Å²) in [7, 11) is 4.44. The molecule has 4 rings (SSSR count). The van der Waals surface area contributed by atoms with E-state index < -0.39 is 0 Å². The van der Waals surface area contributed by atoms with E-state index in [1.807, 2.05) is 0 Å². The topological polar surface area (TPSA) is 18.5 Å². The standard InChI is InChI=1S/C16H21N3/c1-12-10-18(2)11-16-15(12,8-9-19(16)3)13-6-4-5-7-14(13)17-16/h4-7,17H,1,8-11H2,2-3H3/t15-,16+/m0/s1. The first kappa shape index (κ1) is 11.5. The van der Waals surface area contributed by atoms with Gasteiger partial charge in [-0.3, -0.25) is 9.80 Å². The van der Waals surface area contributed by atoms with Gasteiger partial charge >= 0.3 is 0 Å². The van der Waals surface area contributed by atoms with Crippen molar-refractivity contribution in [3.63, 3.8) is 0 Å². The van der Waals surface area contributed by atoms with Crippen LogP contribution in [-0.4, -0.2) is 49.2 Å². The molecule has 0 bridgehead atoms. The number of rotatable bonds is 0. The van der Waals surface area contributed by atoms with E-state index in [0.29, 0.717) is 0 Å². The second kappa shape index (κ2) is 3.41. The summed E-state index contributed by atoms with van der Waals surface area (Å²) in [5.74, 6) is 0. The number of fused-ring (bicyclic) bond motifs is 1. The quantitative estimate of drug-likeness (QED) is 0.714. The minimum atomic E-state index is 0.000764. The van der Waals surface area contributed by atoms with Crippen molar-refractivity contribution in [1.82, 2.24) is 9.80 Å². The Morgan fingerprint density at radius 3 is 2.89 bits per heavy atom. The lowest BCUT2D eigenvalue weighted by molar-refractivity contribution is 0.0851. The van der Waals surface area contributed by atoms with Crippen molar-refractivity contribution in [3.8, 4) is 0 Å². The number of piperidine rings is 1. The summed E-state index contributed by atoms with van der Waals surface area (Å²) in [6.45, 7) is 7.65. The van der Waals surface area contributed by atoms with Crippen LogP contribution in [-0.2, 0) is 5.41 Å². The zero-order valence-corrected chi connectivity index (χ0v) is 11.7. The Hall–Kier alpha value is -1.32. The largest absolute Gasteiger partial charge is 0.365 e. The van der Waals surface area contributed by atoms with Crippen molar-refractivity contribution in [2.24, 2.45) is 0 Å². The van der Waals surface area contributed by atoms with Crippen molar-refractivity contribution >= 4 is 5.69 Å². The van der Waals surface area contributed by atoms with Crippen LogP contribution in [0.1, 0.15) is 12.0 Å². The predicted molar refractivity (Wildman–Crippen MR) is 78.4 cm³/mol. The molecule has 1 N–H and O–H groups in total. The van der Waals surface area contributed by atoms with E-state index in [4.69, 9.17) is 0 Å². The molecule has 1 aromatic carbocycles. The third-order valence-corrected chi connectivity index (χ3v) is 5.47. The smallest absolute Gasteiger partial charge is 0.117 e. The second-order valence-electron chi connectivity index (χ2n) is 6.38. The van der Waals surface area contributed by atoms with Crippen LogP contribution in [0.5, 0.6) is 0 Å². The molecule has 0 spiro atoms. The minimum Gasteiger partial charge on any atom is -0.365 e. The molecule has 2 saturated heterocycles. The number of likely N-dealkylation sites (N-methyl/N-ethyl adjacent to an activating group) is 2. The van der Waals surface area contributed by atoms with Gasteiger partial charge in [-0.1, -0.05) is 24.8 Å². The Labute approximate surface area is 114 Å². The molecule has 0 amide bonds. The monoisotopic (exact) mass is 255 g/mol. The van der Waals surface area contributed by atoms with E-state index >= 15 is 0 Å². The number of likely N-dealkylation sites (tertiary alicyclic amines) is 2. The van der Waals surface area contributed by atoms with Crippen molar-refractivity contribution in [1.29, 1.82) is 0 Å². The van der Waals surface area contributed by atoms with Crippen molar-refractivity contribution in [2.75, 3.05) is 39.0 Å². The average molecular weight is 255 g/mol. The highest BCUT2D eigenvalue weighted by molar-refractivity contribution is 5.69. The van der Waals surface area contributed by atoms with E-state index in [-0.39, 0.29) is 11.1 Å². The van der Waals surface area contributed by atoms with E-state index in [0.717, 1.165) is 19.6 Å². The van der Waals surface area contributed by atoms with Gasteiger partial charge in [0.15, 0.2) is 0 Å². The van der Waals surface area contributed by atoms with Gasteiger partial charge in [0, 0.05) is 25.3 Å². The molecule has 2 fully saturated rings. The molecule has 0 radical (unpaired) electrons. The third kappa shape index (κ3) is 1.12. The first-order chi connectivity index (χ1) is 9.10.